The Balaban J connectivity index is 1.59. The molecule has 1 saturated heterocycles. The lowest BCUT2D eigenvalue weighted by Crippen LogP contribution is -2.42. The normalized spacial score (nSPS) is 19.2. The smallest absolute Gasteiger partial charge is 0.310 e. The summed E-state index contributed by atoms with van der Waals surface area (Å²) in [6, 6.07) is 5.53. The van der Waals surface area contributed by atoms with Crippen LogP contribution in [0.1, 0.15) is 47.8 Å². The number of carbonyl (C=O) groups is 2. The number of pyridine rings is 1. The van der Waals surface area contributed by atoms with E-state index in [0.717, 1.165) is 59.3 Å². The summed E-state index contributed by atoms with van der Waals surface area (Å²) >= 11 is 6.56. The van der Waals surface area contributed by atoms with E-state index in [1.807, 2.05) is 18.2 Å². The van der Waals surface area contributed by atoms with E-state index in [1.165, 1.54) is 0 Å². The van der Waals surface area contributed by atoms with E-state index in [2.05, 4.69) is 0 Å². The number of aromatic nitrogens is 1. The Morgan fingerprint density at radius 3 is 2.96 bits per heavy atom. The van der Waals surface area contributed by atoms with Crippen LogP contribution in [0.15, 0.2) is 18.2 Å². The topological polar surface area (TPSA) is 59.5 Å². The second-order valence-corrected chi connectivity index (χ2v) is 7.66. The molecule has 142 valence electrons. The molecule has 1 aliphatic carbocycles. The molecule has 27 heavy (non-hydrogen) atoms. The maximum absolute atomic E-state index is 13.0. The summed E-state index contributed by atoms with van der Waals surface area (Å²) in [7, 11) is 0. The van der Waals surface area contributed by atoms with Crippen molar-refractivity contribution in [2.75, 3.05) is 19.7 Å². The van der Waals surface area contributed by atoms with Gasteiger partial charge in [-0.15, -0.1) is 0 Å². The molecular weight excluding hydrogens is 364 g/mol. The molecule has 0 N–H and O–H groups in total. The van der Waals surface area contributed by atoms with Crippen LogP contribution in [0.2, 0.25) is 5.02 Å². The van der Waals surface area contributed by atoms with Crippen molar-refractivity contribution in [1.29, 1.82) is 0 Å². The van der Waals surface area contributed by atoms with E-state index in [-0.39, 0.29) is 17.8 Å². The molecular formula is C21H23ClN2O3. The summed E-state index contributed by atoms with van der Waals surface area (Å²) in [6.07, 6.45) is 4.56. The van der Waals surface area contributed by atoms with Crippen molar-refractivity contribution < 1.29 is 14.3 Å². The molecule has 6 heteroatoms. The Morgan fingerprint density at radius 1 is 1.30 bits per heavy atom. The Bertz CT molecular complexity index is 912. The van der Waals surface area contributed by atoms with E-state index < -0.39 is 0 Å². The Morgan fingerprint density at radius 2 is 2.15 bits per heavy atom. The van der Waals surface area contributed by atoms with Crippen LogP contribution in [0.5, 0.6) is 0 Å². The number of carbonyl (C=O) groups excluding carboxylic acids is 2. The van der Waals surface area contributed by atoms with E-state index in [1.54, 1.807) is 11.8 Å². The van der Waals surface area contributed by atoms with Crippen molar-refractivity contribution >= 4 is 34.4 Å². The van der Waals surface area contributed by atoms with Gasteiger partial charge in [-0.1, -0.05) is 17.7 Å². The largest absolute Gasteiger partial charge is 0.466 e. The van der Waals surface area contributed by atoms with Gasteiger partial charge in [0.25, 0.3) is 5.91 Å². The molecule has 5 nitrogen and oxygen atoms in total. The SMILES string of the molecule is CCOC(=O)[C@H]1CCCN(C(=O)c2ccc3c(Cl)c4c(nc3c2)CCC4)C1. The van der Waals surface area contributed by atoms with Crippen molar-refractivity contribution in [3.8, 4) is 0 Å². The van der Waals surface area contributed by atoms with Crippen LogP contribution in [0.4, 0.5) is 0 Å². The first-order valence-corrected chi connectivity index (χ1v) is 10.0. The predicted octanol–water partition coefficient (Wildman–Crippen LogP) is 3.79. The Hall–Kier alpha value is -2.14. The van der Waals surface area contributed by atoms with Gasteiger partial charge in [0.05, 0.1) is 23.1 Å². The van der Waals surface area contributed by atoms with Gasteiger partial charge in [-0.05, 0) is 56.7 Å². The summed E-state index contributed by atoms with van der Waals surface area (Å²) in [5.41, 5.74) is 3.56. The fourth-order valence-electron chi connectivity index (χ4n) is 4.14. The monoisotopic (exact) mass is 386 g/mol. The Kier molecular flexibility index (Phi) is 5.04. The summed E-state index contributed by atoms with van der Waals surface area (Å²) in [5.74, 6) is -0.513. The zero-order valence-electron chi connectivity index (χ0n) is 15.5. The molecule has 1 aromatic carbocycles. The number of aryl methyl sites for hydroxylation is 1. The van der Waals surface area contributed by atoms with E-state index >= 15 is 0 Å². The zero-order valence-corrected chi connectivity index (χ0v) is 16.2. The Labute approximate surface area is 163 Å². The first-order valence-electron chi connectivity index (χ1n) is 9.65. The minimum absolute atomic E-state index is 0.0654. The molecule has 1 amide bonds. The van der Waals surface area contributed by atoms with Crippen LogP contribution >= 0.6 is 11.6 Å². The quantitative estimate of drug-likeness (QED) is 0.753. The van der Waals surface area contributed by atoms with Gasteiger partial charge in [0.15, 0.2) is 0 Å². The summed E-state index contributed by atoms with van der Waals surface area (Å²) in [5, 5.41) is 1.67. The number of fused-ring (bicyclic) bond motifs is 2. The van der Waals surface area contributed by atoms with E-state index in [4.69, 9.17) is 21.3 Å². The molecule has 0 bridgehead atoms. The lowest BCUT2D eigenvalue weighted by atomic mass is 9.97. The number of esters is 1. The first-order chi connectivity index (χ1) is 13.1. The van der Waals surface area contributed by atoms with Crippen molar-refractivity contribution in [2.24, 2.45) is 5.92 Å². The minimum atomic E-state index is -0.237. The standard InChI is InChI=1S/C21H23ClN2O3/c1-2-27-21(26)14-5-4-10-24(12-14)20(25)13-8-9-16-18(11-13)23-17-7-3-6-15(17)19(16)22/h8-9,11,14H,2-7,10,12H2,1H3/t14-/m0/s1. The van der Waals surface area contributed by atoms with Crippen LogP contribution in [0.25, 0.3) is 10.9 Å². The minimum Gasteiger partial charge on any atom is -0.466 e. The van der Waals surface area contributed by atoms with Crippen molar-refractivity contribution in [3.63, 3.8) is 0 Å². The third kappa shape index (κ3) is 3.41. The van der Waals surface area contributed by atoms with Gasteiger partial charge in [-0.25, -0.2) is 0 Å². The highest BCUT2D eigenvalue weighted by molar-refractivity contribution is 6.36. The molecule has 1 aromatic heterocycles. The van der Waals surface area contributed by atoms with Crippen molar-refractivity contribution in [1.82, 2.24) is 9.88 Å². The fraction of sp³-hybridized carbons (Fsp3) is 0.476. The van der Waals surface area contributed by atoms with E-state index in [0.29, 0.717) is 25.3 Å². The number of rotatable bonds is 3. The third-order valence-electron chi connectivity index (χ3n) is 5.52. The summed E-state index contributed by atoms with van der Waals surface area (Å²) < 4.78 is 5.13. The van der Waals surface area contributed by atoms with Crippen molar-refractivity contribution in [2.45, 2.75) is 39.0 Å². The highest BCUT2D eigenvalue weighted by Gasteiger charge is 2.30. The van der Waals surface area contributed by atoms with Crippen LogP contribution in [0.3, 0.4) is 0 Å². The zero-order chi connectivity index (χ0) is 19.0. The number of piperidine rings is 1. The molecule has 2 aliphatic rings. The maximum atomic E-state index is 13.0. The molecule has 0 radical (unpaired) electrons. The molecule has 1 atom stereocenters. The predicted molar refractivity (Wildman–Crippen MR) is 104 cm³/mol. The number of nitrogens with zero attached hydrogens (tertiary/aromatic N) is 2. The molecule has 1 fully saturated rings. The molecule has 2 heterocycles. The third-order valence-corrected chi connectivity index (χ3v) is 5.95. The van der Waals surface area contributed by atoms with Crippen molar-refractivity contribution in [3.05, 3.63) is 40.0 Å². The fourth-order valence-corrected chi connectivity index (χ4v) is 4.50. The highest BCUT2D eigenvalue weighted by atomic mass is 35.5. The van der Waals surface area contributed by atoms with Gasteiger partial charge in [0, 0.05) is 29.7 Å². The molecule has 0 spiro atoms. The van der Waals surface area contributed by atoms with E-state index in [9.17, 15) is 9.59 Å². The molecule has 4 rings (SSSR count). The second-order valence-electron chi connectivity index (χ2n) is 7.28. The number of hydrogen-bond donors (Lipinski definition) is 0. The number of benzene rings is 1. The molecule has 0 unspecified atom stereocenters. The molecule has 1 aliphatic heterocycles. The van der Waals surface area contributed by atoms with Gasteiger partial charge >= 0.3 is 5.97 Å². The number of amides is 1. The highest BCUT2D eigenvalue weighted by Crippen LogP contribution is 2.34. The lowest BCUT2D eigenvalue weighted by Gasteiger charge is -2.31. The lowest BCUT2D eigenvalue weighted by molar-refractivity contribution is -0.149. The van der Waals surface area contributed by atoms with Gasteiger partial charge in [-0.3, -0.25) is 14.6 Å². The number of likely N-dealkylation sites (tertiary alicyclic amines) is 1. The maximum Gasteiger partial charge on any atom is 0.310 e. The number of halogens is 1. The first kappa shape index (κ1) is 18.2. The molecule has 2 aromatic rings. The van der Waals surface area contributed by atoms with Crippen LogP contribution in [-0.4, -0.2) is 41.5 Å². The molecule has 0 saturated carbocycles. The number of hydrogen-bond acceptors (Lipinski definition) is 4. The summed E-state index contributed by atoms with van der Waals surface area (Å²) in [6.45, 7) is 3.23. The van der Waals surface area contributed by atoms with Gasteiger partial charge in [-0.2, -0.15) is 0 Å². The summed E-state index contributed by atoms with van der Waals surface area (Å²) in [4.78, 5) is 31.5. The van der Waals surface area contributed by atoms with Gasteiger partial charge in [0.2, 0.25) is 0 Å². The average Bonchev–Trinajstić information content (AvgIpc) is 3.16. The van der Waals surface area contributed by atoms with Crippen LogP contribution in [0, 0.1) is 5.92 Å². The van der Waals surface area contributed by atoms with Crippen LogP contribution < -0.4 is 0 Å². The van der Waals surface area contributed by atoms with Gasteiger partial charge in [0.1, 0.15) is 0 Å². The number of ether oxygens (including phenoxy) is 1. The average molecular weight is 387 g/mol. The second kappa shape index (κ2) is 7.47. The van der Waals surface area contributed by atoms with Crippen LogP contribution in [-0.2, 0) is 22.4 Å². The van der Waals surface area contributed by atoms with Gasteiger partial charge < -0.3 is 9.64 Å².